The Labute approximate surface area is 181 Å². The van der Waals surface area contributed by atoms with Crippen molar-refractivity contribution >= 4 is 21.6 Å². The maximum atomic E-state index is 13.2. The van der Waals surface area contributed by atoms with Crippen LogP contribution in [0.2, 0.25) is 0 Å². The van der Waals surface area contributed by atoms with Crippen molar-refractivity contribution in [3.05, 3.63) is 82.0 Å². The van der Waals surface area contributed by atoms with E-state index in [-0.39, 0.29) is 12.1 Å². The van der Waals surface area contributed by atoms with Crippen LogP contribution >= 0.6 is 11.3 Å². The van der Waals surface area contributed by atoms with Crippen LogP contribution < -0.4 is 10.3 Å². The summed E-state index contributed by atoms with van der Waals surface area (Å²) in [5.74, 6) is 1.47. The third-order valence-corrected chi connectivity index (χ3v) is 5.91. The number of rotatable bonds is 5. The van der Waals surface area contributed by atoms with Crippen LogP contribution in [-0.2, 0) is 6.54 Å². The van der Waals surface area contributed by atoms with E-state index in [0.717, 1.165) is 16.7 Å². The van der Waals surface area contributed by atoms with Crippen molar-refractivity contribution in [2.75, 3.05) is 7.11 Å². The molecule has 154 valence electrons. The Bertz CT molecular complexity index is 1430. The van der Waals surface area contributed by atoms with Crippen LogP contribution in [0.1, 0.15) is 11.5 Å². The number of benzene rings is 2. The largest absolute Gasteiger partial charge is 0.497 e. The molecule has 0 aliphatic heterocycles. The molecule has 0 radical (unpaired) electrons. The quantitative estimate of drug-likeness (QED) is 0.407. The van der Waals surface area contributed by atoms with Gasteiger partial charge < -0.3 is 9.26 Å². The first kappa shape index (κ1) is 19.2. The van der Waals surface area contributed by atoms with Crippen LogP contribution in [0.4, 0.5) is 0 Å². The van der Waals surface area contributed by atoms with Crippen LogP contribution in [-0.4, -0.2) is 26.8 Å². The number of aromatic nitrogens is 4. The molecule has 0 bridgehead atoms. The predicted octanol–water partition coefficient (Wildman–Crippen LogP) is 4.54. The van der Waals surface area contributed by atoms with Gasteiger partial charge in [-0.2, -0.15) is 4.98 Å². The molecule has 0 spiro atoms. The summed E-state index contributed by atoms with van der Waals surface area (Å²) in [5, 5.41) is 6.61. The Morgan fingerprint density at radius 2 is 1.97 bits per heavy atom. The molecule has 3 heterocycles. The zero-order valence-corrected chi connectivity index (χ0v) is 17.7. The molecule has 0 fully saturated rings. The van der Waals surface area contributed by atoms with Gasteiger partial charge in [-0.3, -0.25) is 9.36 Å². The molecule has 0 atom stereocenters. The van der Waals surface area contributed by atoms with E-state index in [1.807, 2.05) is 60.8 Å². The van der Waals surface area contributed by atoms with Crippen LogP contribution in [0.15, 0.2) is 69.6 Å². The Morgan fingerprint density at radius 3 is 2.77 bits per heavy atom. The Morgan fingerprint density at radius 1 is 1.13 bits per heavy atom. The average molecular weight is 430 g/mol. The van der Waals surface area contributed by atoms with Gasteiger partial charge in [-0.25, -0.2) is 4.98 Å². The van der Waals surface area contributed by atoms with Gasteiger partial charge in [0.15, 0.2) is 0 Å². The van der Waals surface area contributed by atoms with Crippen molar-refractivity contribution in [3.8, 4) is 28.3 Å². The highest BCUT2D eigenvalue weighted by Crippen LogP contribution is 2.30. The Balaban J connectivity index is 1.49. The third-order valence-electron chi connectivity index (χ3n) is 5.02. The molecule has 5 rings (SSSR count). The molecule has 0 aliphatic rings. The number of thiophene rings is 1. The maximum Gasteiger partial charge on any atom is 0.263 e. The van der Waals surface area contributed by atoms with Crippen molar-refractivity contribution in [3.63, 3.8) is 0 Å². The second-order valence-corrected chi connectivity index (χ2v) is 7.97. The summed E-state index contributed by atoms with van der Waals surface area (Å²) in [7, 11) is 1.60. The molecule has 0 N–H and O–H groups in total. The number of methoxy groups -OCH3 is 1. The fourth-order valence-corrected chi connectivity index (χ4v) is 4.28. The molecule has 0 saturated carbocycles. The summed E-state index contributed by atoms with van der Waals surface area (Å²) in [4.78, 5) is 22.8. The van der Waals surface area contributed by atoms with E-state index in [4.69, 9.17) is 9.26 Å². The summed E-state index contributed by atoms with van der Waals surface area (Å²) in [6.07, 6.45) is 1.52. The van der Waals surface area contributed by atoms with Gasteiger partial charge in [-0.1, -0.05) is 47.1 Å². The van der Waals surface area contributed by atoms with Crippen molar-refractivity contribution in [2.45, 2.75) is 13.5 Å². The fraction of sp³-hybridized carbons (Fsp3) is 0.130. The molecule has 31 heavy (non-hydrogen) atoms. The Kier molecular flexibility index (Phi) is 4.83. The summed E-state index contributed by atoms with van der Waals surface area (Å²) < 4.78 is 12.1. The second kappa shape index (κ2) is 7.81. The molecule has 0 aliphatic carbocycles. The van der Waals surface area contributed by atoms with Gasteiger partial charge in [0.25, 0.3) is 5.56 Å². The monoisotopic (exact) mass is 430 g/mol. The lowest BCUT2D eigenvalue weighted by Crippen LogP contribution is -2.21. The number of aryl methyl sites for hydroxylation is 1. The van der Waals surface area contributed by atoms with E-state index < -0.39 is 0 Å². The van der Waals surface area contributed by atoms with Crippen LogP contribution in [0.5, 0.6) is 5.75 Å². The van der Waals surface area contributed by atoms with Gasteiger partial charge in [0.05, 0.1) is 18.8 Å². The number of fused-ring (bicyclic) bond motifs is 1. The van der Waals surface area contributed by atoms with Crippen LogP contribution in [0, 0.1) is 6.92 Å². The number of hydrogen-bond donors (Lipinski definition) is 0. The van der Waals surface area contributed by atoms with Gasteiger partial charge in [0.1, 0.15) is 17.1 Å². The van der Waals surface area contributed by atoms with Crippen LogP contribution in [0.3, 0.4) is 0 Å². The highest BCUT2D eigenvalue weighted by atomic mass is 32.1. The topological polar surface area (TPSA) is 83.0 Å². The molecule has 7 nitrogen and oxygen atoms in total. The minimum Gasteiger partial charge on any atom is -0.497 e. The van der Waals surface area contributed by atoms with Crippen molar-refractivity contribution in [1.82, 2.24) is 19.7 Å². The van der Waals surface area contributed by atoms with E-state index >= 15 is 0 Å². The third kappa shape index (κ3) is 3.62. The summed E-state index contributed by atoms with van der Waals surface area (Å²) in [6, 6.07) is 15.5. The van der Waals surface area contributed by atoms with Crippen molar-refractivity contribution in [1.29, 1.82) is 0 Å². The van der Waals surface area contributed by atoms with Gasteiger partial charge in [-0.15, -0.1) is 11.3 Å². The van der Waals surface area contributed by atoms with E-state index in [0.29, 0.717) is 27.7 Å². The molecule has 8 heteroatoms. The van der Waals surface area contributed by atoms with Crippen molar-refractivity contribution in [2.24, 2.45) is 0 Å². The molecule has 5 aromatic rings. The molecule has 0 amide bonds. The first-order valence-electron chi connectivity index (χ1n) is 9.63. The smallest absolute Gasteiger partial charge is 0.263 e. The van der Waals surface area contributed by atoms with Crippen molar-refractivity contribution < 1.29 is 9.26 Å². The van der Waals surface area contributed by atoms with E-state index in [2.05, 4.69) is 15.1 Å². The second-order valence-electron chi connectivity index (χ2n) is 7.12. The lowest BCUT2D eigenvalue weighted by atomic mass is 10.1. The molecular weight excluding hydrogens is 412 g/mol. The average Bonchev–Trinajstić information content (AvgIpc) is 3.44. The van der Waals surface area contributed by atoms with Gasteiger partial charge in [-0.05, 0) is 24.6 Å². The summed E-state index contributed by atoms with van der Waals surface area (Å²) in [5.41, 5.74) is 3.68. The minimum absolute atomic E-state index is 0.136. The van der Waals surface area contributed by atoms with E-state index in [9.17, 15) is 4.79 Å². The highest BCUT2D eigenvalue weighted by Gasteiger charge is 2.16. The number of ether oxygens (including phenoxy) is 1. The molecular formula is C23H18N4O3S. The lowest BCUT2D eigenvalue weighted by Gasteiger charge is -2.04. The van der Waals surface area contributed by atoms with E-state index in [1.165, 1.54) is 27.8 Å². The number of nitrogens with zero attached hydrogens (tertiary/aromatic N) is 4. The van der Waals surface area contributed by atoms with Gasteiger partial charge >= 0.3 is 0 Å². The minimum atomic E-state index is -0.136. The Hall–Kier alpha value is -3.78. The van der Waals surface area contributed by atoms with E-state index in [1.54, 1.807) is 7.11 Å². The SMILES string of the molecule is COc1cccc(-c2noc(Cn3cnc4scc(-c5ccc(C)cc5)c4c3=O)n2)c1. The summed E-state index contributed by atoms with van der Waals surface area (Å²) >= 11 is 1.46. The zero-order valence-electron chi connectivity index (χ0n) is 16.9. The van der Waals surface area contributed by atoms with Gasteiger partial charge in [0.2, 0.25) is 11.7 Å². The molecule has 0 saturated heterocycles. The first-order valence-corrected chi connectivity index (χ1v) is 10.5. The zero-order chi connectivity index (χ0) is 21.4. The molecule has 2 aromatic carbocycles. The first-order chi connectivity index (χ1) is 15.1. The van der Waals surface area contributed by atoms with Crippen LogP contribution in [0.25, 0.3) is 32.7 Å². The normalized spacial score (nSPS) is 11.2. The highest BCUT2D eigenvalue weighted by molar-refractivity contribution is 7.17. The molecule has 0 unspecified atom stereocenters. The van der Waals surface area contributed by atoms with Gasteiger partial charge in [0, 0.05) is 16.5 Å². The maximum absolute atomic E-state index is 13.2. The standard InChI is InChI=1S/C23H18N4O3S/c1-14-6-8-15(9-7-14)18-12-31-22-20(18)23(28)27(13-24-22)11-19-25-21(26-30-19)16-4-3-5-17(10-16)29-2/h3-10,12-13H,11H2,1-2H3. The predicted molar refractivity (Wildman–Crippen MR) is 119 cm³/mol. The molecule has 3 aromatic heterocycles. The number of hydrogen-bond acceptors (Lipinski definition) is 7. The summed E-state index contributed by atoms with van der Waals surface area (Å²) in [6.45, 7) is 2.18. The lowest BCUT2D eigenvalue weighted by molar-refractivity contribution is 0.369. The fourth-order valence-electron chi connectivity index (χ4n) is 3.37.